The number of furan rings is 1. The Morgan fingerprint density at radius 2 is 0.922 bits per heavy atom. The molecule has 0 spiro atoms. The third-order valence-electron chi connectivity index (χ3n) is 11.1. The van der Waals surface area contributed by atoms with Crippen LogP contribution >= 0.6 is 0 Å². The normalized spacial score (nSPS) is 12.3. The standard InChI is InChI=1S/C48H28N2O/c1-2-12-32-29(11-1)21-26-38-46(32)35-15-3-4-16-36(35)48-47(38)37-17-6-9-19-42(37)50(48)31-24-22-30(23-25-31)49-41-18-8-5-13-33(41)39-27-40-34-14-7-10-20-44(34)51-45(40)28-43(39)49/h1-28H. The Labute approximate surface area is 291 Å². The van der Waals surface area contributed by atoms with Crippen molar-refractivity contribution in [3.05, 3.63) is 170 Å². The Morgan fingerprint density at radius 1 is 0.314 bits per heavy atom. The fourth-order valence-electron chi connectivity index (χ4n) is 8.93. The van der Waals surface area contributed by atoms with E-state index in [9.17, 15) is 0 Å². The topological polar surface area (TPSA) is 23.0 Å². The summed E-state index contributed by atoms with van der Waals surface area (Å²) in [6.45, 7) is 0. The summed E-state index contributed by atoms with van der Waals surface area (Å²) in [7, 11) is 0. The third kappa shape index (κ3) is 3.57. The van der Waals surface area contributed by atoms with Crippen molar-refractivity contribution in [1.29, 1.82) is 0 Å². The van der Waals surface area contributed by atoms with Gasteiger partial charge in [0.25, 0.3) is 0 Å². The molecular weight excluding hydrogens is 621 g/mol. The monoisotopic (exact) mass is 648 g/mol. The minimum Gasteiger partial charge on any atom is -0.456 e. The minimum absolute atomic E-state index is 0.904. The van der Waals surface area contributed by atoms with Crippen LogP contribution in [0.3, 0.4) is 0 Å². The maximum absolute atomic E-state index is 6.37. The summed E-state index contributed by atoms with van der Waals surface area (Å²) in [5.74, 6) is 0. The highest BCUT2D eigenvalue weighted by Crippen LogP contribution is 2.45. The second-order valence-electron chi connectivity index (χ2n) is 13.7. The molecule has 0 unspecified atom stereocenters. The fourth-order valence-corrected chi connectivity index (χ4v) is 8.93. The van der Waals surface area contributed by atoms with Crippen molar-refractivity contribution in [3.8, 4) is 11.4 Å². The highest BCUT2D eigenvalue weighted by atomic mass is 16.3. The largest absolute Gasteiger partial charge is 0.456 e. The Balaban J connectivity index is 1.14. The van der Waals surface area contributed by atoms with E-state index in [1.807, 2.05) is 12.1 Å². The molecule has 9 aromatic carbocycles. The molecule has 0 aliphatic carbocycles. The van der Waals surface area contributed by atoms with Gasteiger partial charge in [-0.2, -0.15) is 0 Å². The van der Waals surface area contributed by atoms with Crippen molar-refractivity contribution in [2.75, 3.05) is 0 Å². The van der Waals surface area contributed by atoms with E-state index >= 15 is 0 Å². The van der Waals surface area contributed by atoms with Crippen LogP contribution in [0.5, 0.6) is 0 Å². The first-order valence-corrected chi connectivity index (χ1v) is 17.5. The maximum Gasteiger partial charge on any atom is 0.137 e. The molecule has 0 bridgehead atoms. The van der Waals surface area contributed by atoms with Gasteiger partial charge in [0.15, 0.2) is 0 Å². The van der Waals surface area contributed by atoms with Gasteiger partial charge in [-0.25, -0.2) is 0 Å². The van der Waals surface area contributed by atoms with Gasteiger partial charge in [-0.05, 0) is 75.5 Å². The number of para-hydroxylation sites is 3. The zero-order valence-electron chi connectivity index (χ0n) is 27.5. The zero-order valence-corrected chi connectivity index (χ0v) is 27.5. The van der Waals surface area contributed by atoms with Gasteiger partial charge in [0.1, 0.15) is 11.2 Å². The number of fused-ring (bicyclic) bond motifs is 16. The predicted molar refractivity (Wildman–Crippen MR) is 215 cm³/mol. The Morgan fingerprint density at radius 3 is 1.73 bits per heavy atom. The van der Waals surface area contributed by atoms with Crippen LogP contribution in [-0.2, 0) is 0 Å². The summed E-state index contributed by atoms with van der Waals surface area (Å²) in [6.07, 6.45) is 0. The lowest BCUT2D eigenvalue weighted by Gasteiger charge is -2.14. The second-order valence-corrected chi connectivity index (χ2v) is 13.7. The van der Waals surface area contributed by atoms with Gasteiger partial charge in [-0.15, -0.1) is 0 Å². The van der Waals surface area contributed by atoms with Crippen molar-refractivity contribution >= 4 is 97.9 Å². The van der Waals surface area contributed by atoms with Crippen LogP contribution in [0.25, 0.3) is 109 Å². The molecule has 0 saturated heterocycles. The molecule has 3 heteroatoms. The molecular formula is C48H28N2O. The summed E-state index contributed by atoms with van der Waals surface area (Å²) in [4.78, 5) is 0. The van der Waals surface area contributed by atoms with Gasteiger partial charge in [0, 0.05) is 55.1 Å². The molecule has 0 amide bonds. The highest BCUT2D eigenvalue weighted by Gasteiger charge is 2.21. The molecule has 3 heterocycles. The molecule has 51 heavy (non-hydrogen) atoms. The minimum atomic E-state index is 0.904. The number of nitrogens with zero attached hydrogens (tertiary/aromatic N) is 2. The average molecular weight is 649 g/mol. The SMILES string of the molecule is c1ccc2c(c1)ccc1c2c2ccccc2c2c1c1ccccc1n2-c1ccc(-n2c3ccccc3c3cc4c(cc32)oc2ccccc24)cc1. The van der Waals surface area contributed by atoms with E-state index in [2.05, 4.69) is 167 Å². The molecule has 0 radical (unpaired) electrons. The van der Waals surface area contributed by atoms with Gasteiger partial charge in [0.05, 0.1) is 22.1 Å². The van der Waals surface area contributed by atoms with E-state index in [-0.39, 0.29) is 0 Å². The summed E-state index contributed by atoms with van der Waals surface area (Å²) in [5, 5.41) is 15.0. The molecule has 12 rings (SSSR count). The lowest BCUT2D eigenvalue weighted by atomic mass is 9.93. The Kier molecular flexibility index (Phi) is 5.23. The summed E-state index contributed by atoms with van der Waals surface area (Å²) in [6, 6.07) is 61.8. The molecule has 12 aromatic rings. The number of hydrogen-bond donors (Lipinski definition) is 0. The molecule has 3 aromatic heterocycles. The first-order chi connectivity index (χ1) is 25.3. The Bertz CT molecular complexity index is 3410. The predicted octanol–water partition coefficient (Wildman–Crippen LogP) is 13.2. The molecule has 3 nitrogen and oxygen atoms in total. The quantitative estimate of drug-likeness (QED) is 0.171. The lowest BCUT2D eigenvalue weighted by molar-refractivity contribution is 0.669. The van der Waals surface area contributed by atoms with Gasteiger partial charge in [-0.1, -0.05) is 115 Å². The summed E-state index contributed by atoms with van der Waals surface area (Å²) >= 11 is 0. The van der Waals surface area contributed by atoms with E-state index in [0.29, 0.717) is 0 Å². The molecule has 236 valence electrons. The van der Waals surface area contributed by atoms with Crippen molar-refractivity contribution in [2.24, 2.45) is 0 Å². The summed E-state index contributed by atoms with van der Waals surface area (Å²) in [5.41, 5.74) is 8.83. The fraction of sp³-hybridized carbons (Fsp3) is 0. The van der Waals surface area contributed by atoms with Crippen LogP contribution in [0, 0.1) is 0 Å². The van der Waals surface area contributed by atoms with Crippen LogP contribution in [0.1, 0.15) is 0 Å². The third-order valence-corrected chi connectivity index (χ3v) is 11.1. The molecule has 0 fully saturated rings. The van der Waals surface area contributed by atoms with E-state index in [4.69, 9.17) is 4.42 Å². The van der Waals surface area contributed by atoms with E-state index in [1.165, 1.54) is 70.4 Å². The van der Waals surface area contributed by atoms with E-state index in [1.54, 1.807) is 0 Å². The second kappa shape index (κ2) is 9.87. The van der Waals surface area contributed by atoms with E-state index in [0.717, 1.165) is 38.8 Å². The van der Waals surface area contributed by atoms with Crippen LogP contribution in [0.15, 0.2) is 174 Å². The number of hydrogen-bond acceptors (Lipinski definition) is 1. The van der Waals surface area contributed by atoms with Crippen molar-refractivity contribution in [2.45, 2.75) is 0 Å². The Hall–Kier alpha value is -6.84. The molecule has 0 aliphatic heterocycles. The zero-order chi connectivity index (χ0) is 33.2. The molecule has 0 aliphatic rings. The van der Waals surface area contributed by atoms with Crippen molar-refractivity contribution < 1.29 is 4.42 Å². The van der Waals surface area contributed by atoms with Crippen LogP contribution in [0.2, 0.25) is 0 Å². The maximum atomic E-state index is 6.37. The number of aromatic nitrogens is 2. The molecule has 0 saturated carbocycles. The van der Waals surface area contributed by atoms with Crippen molar-refractivity contribution in [3.63, 3.8) is 0 Å². The van der Waals surface area contributed by atoms with Gasteiger partial charge in [-0.3, -0.25) is 0 Å². The highest BCUT2D eigenvalue weighted by molar-refractivity contribution is 6.36. The molecule has 0 N–H and O–H groups in total. The van der Waals surface area contributed by atoms with Gasteiger partial charge in [0.2, 0.25) is 0 Å². The number of benzene rings is 9. The van der Waals surface area contributed by atoms with Crippen molar-refractivity contribution in [1.82, 2.24) is 9.13 Å². The average Bonchev–Trinajstić information content (AvgIpc) is 3.84. The first-order valence-electron chi connectivity index (χ1n) is 17.5. The smallest absolute Gasteiger partial charge is 0.137 e. The molecule has 0 atom stereocenters. The van der Waals surface area contributed by atoms with Gasteiger partial charge < -0.3 is 13.6 Å². The lowest BCUT2D eigenvalue weighted by Crippen LogP contribution is -1.98. The van der Waals surface area contributed by atoms with Crippen LogP contribution in [0.4, 0.5) is 0 Å². The van der Waals surface area contributed by atoms with Crippen LogP contribution in [-0.4, -0.2) is 9.13 Å². The van der Waals surface area contributed by atoms with Gasteiger partial charge >= 0.3 is 0 Å². The van der Waals surface area contributed by atoms with E-state index < -0.39 is 0 Å². The summed E-state index contributed by atoms with van der Waals surface area (Å²) < 4.78 is 11.2. The van der Waals surface area contributed by atoms with Crippen LogP contribution < -0.4 is 0 Å². The number of rotatable bonds is 2. The first kappa shape index (κ1) is 27.0.